The van der Waals surface area contributed by atoms with E-state index < -0.39 is 0 Å². The molecule has 1 amide bonds. The molecule has 0 bridgehead atoms. The van der Waals surface area contributed by atoms with Crippen LogP contribution in [0.4, 0.5) is 5.69 Å². The Bertz CT molecular complexity index is 504. The van der Waals surface area contributed by atoms with Gasteiger partial charge in [0.1, 0.15) is 12.1 Å². The van der Waals surface area contributed by atoms with Gasteiger partial charge in [-0.1, -0.05) is 19.1 Å². The number of carbonyl (C=O) groups excluding carboxylic acids is 1. The number of carbonyl (C=O) groups is 1. The molecule has 1 N–H and O–H groups in total. The summed E-state index contributed by atoms with van der Waals surface area (Å²) in [4.78, 5) is 13.9. The van der Waals surface area contributed by atoms with E-state index in [1.807, 2.05) is 32.0 Å². The molecule has 0 saturated carbocycles. The average molecular weight is 243 g/mol. The van der Waals surface area contributed by atoms with Gasteiger partial charge in [0.15, 0.2) is 0 Å². The van der Waals surface area contributed by atoms with Crippen LogP contribution < -0.4 is 10.2 Å². The smallest absolute Gasteiger partial charge is 0.242 e. The van der Waals surface area contributed by atoms with Gasteiger partial charge in [0.25, 0.3) is 0 Å². The zero-order valence-corrected chi connectivity index (χ0v) is 10.7. The van der Waals surface area contributed by atoms with Crippen LogP contribution in [0.5, 0.6) is 0 Å². The number of rotatable bonds is 2. The highest BCUT2D eigenvalue weighted by Gasteiger charge is 2.30. The number of nitrogens with one attached hydrogen (secondary N) is 1. The Balaban J connectivity index is 2.47. The molecule has 0 aliphatic carbocycles. The summed E-state index contributed by atoms with van der Waals surface area (Å²) in [6.07, 6.45) is 0.741. The standard InChI is InChI=1S/C14H17N3O/c1-3-12-14(18)16-7-8-17(12)13-10(2)5-4-6-11(13)9-15/h4-6,12H,3,7-8H2,1-2H3,(H,16,18). The van der Waals surface area contributed by atoms with Crippen molar-refractivity contribution in [1.29, 1.82) is 5.26 Å². The molecule has 0 radical (unpaired) electrons. The minimum Gasteiger partial charge on any atom is -0.356 e. The minimum atomic E-state index is -0.174. The van der Waals surface area contributed by atoms with E-state index in [0.29, 0.717) is 12.1 Å². The SMILES string of the molecule is CCC1C(=O)NCCN1c1c(C)cccc1C#N. The minimum absolute atomic E-state index is 0.0518. The number of nitriles is 1. The Morgan fingerprint density at radius 1 is 1.56 bits per heavy atom. The second kappa shape index (κ2) is 5.09. The van der Waals surface area contributed by atoms with Crippen LogP contribution in [0.25, 0.3) is 0 Å². The first-order valence-electron chi connectivity index (χ1n) is 6.23. The van der Waals surface area contributed by atoms with Crippen LogP contribution >= 0.6 is 0 Å². The molecule has 0 spiro atoms. The first-order valence-corrected chi connectivity index (χ1v) is 6.23. The summed E-state index contributed by atoms with van der Waals surface area (Å²) in [6.45, 7) is 5.36. The molecule has 1 aliphatic rings. The molecule has 1 atom stereocenters. The van der Waals surface area contributed by atoms with Crippen molar-refractivity contribution in [1.82, 2.24) is 5.32 Å². The van der Waals surface area contributed by atoms with Crippen LogP contribution in [0, 0.1) is 18.3 Å². The Labute approximate surface area is 107 Å². The topological polar surface area (TPSA) is 56.1 Å². The number of para-hydroxylation sites is 1. The van der Waals surface area contributed by atoms with Crippen molar-refractivity contribution >= 4 is 11.6 Å². The third kappa shape index (κ3) is 2.04. The monoisotopic (exact) mass is 243 g/mol. The third-order valence-electron chi connectivity index (χ3n) is 3.36. The lowest BCUT2D eigenvalue weighted by atomic mass is 10.0. The molecule has 4 heteroatoms. The Hall–Kier alpha value is -2.02. The highest BCUT2D eigenvalue weighted by atomic mass is 16.2. The molecule has 1 aromatic rings. The first-order chi connectivity index (χ1) is 8.69. The van der Waals surface area contributed by atoms with Crippen molar-refractivity contribution in [2.75, 3.05) is 18.0 Å². The van der Waals surface area contributed by atoms with Crippen molar-refractivity contribution in [3.63, 3.8) is 0 Å². The van der Waals surface area contributed by atoms with Gasteiger partial charge in [0, 0.05) is 13.1 Å². The fraction of sp³-hybridized carbons (Fsp3) is 0.429. The molecule has 18 heavy (non-hydrogen) atoms. The summed E-state index contributed by atoms with van der Waals surface area (Å²) in [5, 5.41) is 12.1. The largest absolute Gasteiger partial charge is 0.356 e. The van der Waals surface area contributed by atoms with Crippen molar-refractivity contribution < 1.29 is 4.79 Å². The van der Waals surface area contributed by atoms with Gasteiger partial charge in [0.05, 0.1) is 11.3 Å². The molecule has 2 rings (SSSR count). The van der Waals surface area contributed by atoms with E-state index in [9.17, 15) is 10.1 Å². The number of amides is 1. The van der Waals surface area contributed by atoms with E-state index in [-0.39, 0.29) is 11.9 Å². The highest BCUT2D eigenvalue weighted by Crippen LogP contribution is 2.28. The molecule has 1 aliphatic heterocycles. The molecule has 1 fully saturated rings. The lowest BCUT2D eigenvalue weighted by molar-refractivity contribution is -0.123. The zero-order valence-electron chi connectivity index (χ0n) is 10.7. The average Bonchev–Trinajstić information content (AvgIpc) is 2.38. The predicted molar refractivity (Wildman–Crippen MR) is 70.3 cm³/mol. The number of hydrogen-bond donors (Lipinski definition) is 1. The molecule has 0 aromatic heterocycles. The predicted octanol–water partition coefficient (Wildman–Crippen LogP) is 1.58. The van der Waals surface area contributed by atoms with Gasteiger partial charge in [-0.3, -0.25) is 4.79 Å². The summed E-state index contributed by atoms with van der Waals surface area (Å²) in [6, 6.07) is 7.71. The third-order valence-corrected chi connectivity index (χ3v) is 3.36. The van der Waals surface area contributed by atoms with Gasteiger partial charge < -0.3 is 10.2 Å². The normalized spacial score (nSPS) is 19.3. The van der Waals surface area contributed by atoms with Crippen molar-refractivity contribution in [2.45, 2.75) is 26.3 Å². The summed E-state index contributed by atoms with van der Waals surface area (Å²) in [7, 11) is 0. The first kappa shape index (κ1) is 12.4. The Morgan fingerprint density at radius 3 is 3.00 bits per heavy atom. The second-order valence-electron chi connectivity index (χ2n) is 4.49. The van der Waals surface area contributed by atoms with Crippen LogP contribution in [-0.2, 0) is 4.79 Å². The van der Waals surface area contributed by atoms with Crippen molar-refractivity contribution in [3.8, 4) is 6.07 Å². The quantitative estimate of drug-likeness (QED) is 0.858. The lowest BCUT2D eigenvalue weighted by Crippen LogP contribution is -2.55. The molecular weight excluding hydrogens is 226 g/mol. The second-order valence-corrected chi connectivity index (χ2v) is 4.49. The number of aryl methyl sites for hydroxylation is 1. The van der Waals surface area contributed by atoms with Crippen LogP contribution in [0.15, 0.2) is 18.2 Å². The van der Waals surface area contributed by atoms with Crippen LogP contribution in [0.3, 0.4) is 0 Å². The van der Waals surface area contributed by atoms with Crippen LogP contribution in [-0.4, -0.2) is 25.0 Å². The maximum absolute atomic E-state index is 11.9. The molecular formula is C14H17N3O. The van der Waals surface area contributed by atoms with Gasteiger partial charge >= 0.3 is 0 Å². The van der Waals surface area contributed by atoms with Gasteiger partial charge in [0.2, 0.25) is 5.91 Å². The van der Waals surface area contributed by atoms with Crippen LogP contribution in [0.2, 0.25) is 0 Å². The summed E-state index contributed by atoms with van der Waals surface area (Å²) in [5.74, 6) is 0.0518. The summed E-state index contributed by atoms with van der Waals surface area (Å²) >= 11 is 0. The Kier molecular flexibility index (Phi) is 3.52. The van der Waals surface area contributed by atoms with E-state index in [4.69, 9.17) is 0 Å². The van der Waals surface area contributed by atoms with E-state index in [2.05, 4.69) is 16.3 Å². The maximum Gasteiger partial charge on any atom is 0.242 e. The Morgan fingerprint density at radius 2 is 2.33 bits per heavy atom. The van der Waals surface area contributed by atoms with Crippen LogP contribution in [0.1, 0.15) is 24.5 Å². The van der Waals surface area contributed by atoms with Gasteiger partial charge in [-0.05, 0) is 25.0 Å². The van der Waals surface area contributed by atoms with E-state index in [0.717, 1.165) is 24.2 Å². The van der Waals surface area contributed by atoms with Crippen molar-refractivity contribution in [2.24, 2.45) is 0 Å². The number of benzene rings is 1. The van der Waals surface area contributed by atoms with Gasteiger partial charge in [-0.25, -0.2) is 0 Å². The highest BCUT2D eigenvalue weighted by molar-refractivity contribution is 5.87. The lowest BCUT2D eigenvalue weighted by Gasteiger charge is -2.37. The van der Waals surface area contributed by atoms with Gasteiger partial charge in [-0.2, -0.15) is 5.26 Å². The molecule has 1 unspecified atom stereocenters. The fourth-order valence-electron chi connectivity index (χ4n) is 2.52. The number of hydrogen-bond acceptors (Lipinski definition) is 3. The number of nitrogens with zero attached hydrogens (tertiary/aromatic N) is 2. The zero-order chi connectivity index (χ0) is 13.1. The van der Waals surface area contributed by atoms with E-state index in [1.165, 1.54) is 0 Å². The fourth-order valence-corrected chi connectivity index (χ4v) is 2.52. The maximum atomic E-state index is 11.9. The molecule has 1 heterocycles. The molecule has 4 nitrogen and oxygen atoms in total. The molecule has 94 valence electrons. The summed E-state index contributed by atoms with van der Waals surface area (Å²) in [5.41, 5.74) is 2.59. The van der Waals surface area contributed by atoms with E-state index in [1.54, 1.807) is 0 Å². The summed E-state index contributed by atoms with van der Waals surface area (Å²) < 4.78 is 0. The van der Waals surface area contributed by atoms with E-state index >= 15 is 0 Å². The van der Waals surface area contributed by atoms with Gasteiger partial charge in [-0.15, -0.1) is 0 Å². The molecule has 1 saturated heterocycles. The number of anilines is 1. The van der Waals surface area contributed by atoms with Crippen molar-refractivity contribution in [3.05, 3.63) is 29.3 Å². The molecule has 1 aromatic carbocycles. The number of piperazine rings is 1.